The van der Waals surface area contributed by atoms with Crippen LogP contribution in [0.2, 0.25) is 0 Å². The highest BCUT2D eigenvalue weighted by Gasteiger charge is 2.40. The number of carbonyl (C=O) groups excluding carboxylic acids is 1. The Kier molecular flexibility index (Phi) is 4.86. The van der Waals surface area contributed by atoms with Crippen LogP contribution in [0.4, 0.5) is 4.79 Å². The van der Waals surface area contributed by atoms with Crippen LogP contribution in [-0.2, 0) is 4.74 Å². The normalized spacial score (nSPS) is 24.9. The number of ether oxygens (including phenoxy) is 1. The molecular weight excluding hydrogens is 264 g/mol. The molecule has 0 N–H and O–H groups in total. The molecule has 4 nitrogen and oxygen atoms in total. The molecule has 2 rings (SSSR count). The molecule has 122 valence electrons. The Morgan fingerprint density at radius 1 is 1.10 bits per heavy atom. The second-order valence-electron chi connectivity index (χ2n) is 8.21. The van der Waals surface area contributed by atoms with Gasteiger partial charge < -0.3 is 9.64 Å². The van der Waals surface area contributed by atoms with Gasteiger partial charge in [0, 0.05) is 25.7 Å². The lowest BCUT2D eigenvalue weighted by atomic mass is 9.91. The molecule has 0 unspecified atom stereocenters. The van der Waals surface area contributed by atoms with Gasteiger partial charge in [-0.1, -0.05) is 19.3 Å². The summed E-state index contributed by atoms with van der Waals surface area (Å²) in [5.74, 6) is 0. The first-order chi connectivity index (χ1) is 9.69. The molecule has 2 aliphatic rings. The number of nitrogens with zero attached hydrogens (tertiary/aromatic N) is 2. The van der Waals surface area contributed by atoms with E-state index < -0.39 is 5.60 Å². The van der Waals surface area contributed by atoms with E-state index in [0.717, 1.165) is 25.7 Å². The predicted molar refractivity (Wildman–Crippen MR) is 85.5 cm³/mol. The van der Waals surface area contributed by atoms with Gasteiger partial charge in [0.05, 0.1) is 5.54 Å². The molecule has 1 saturated carbocycles. The second kappa shape index (κ2) is 6.15. The van der Waals surface area contributed by atoms with Gasteiger partial charge >= 0.3 is 6.09 Å². The zero-order chi connectivity index (χ0) is 15.7. The summed E-state index contributed by atoms with van der Waals surface area (Å²) in [5.41, 5.74) is -0.578. The SMILES string of the molecule is CC(C)(C)OC(=O)N1CCN(C2CCCCC2)CC1(C)C. The van der Waals surface area contributed by atoms with Gasteiger partial charge in [-0.25, -0.2) is 4.79 Å². The molecule has 2 fully saturated rings. The zero-order valence-corrected chi connectivity index (χ0v) is 14.4. The van der Waals surface area contributed by atoms with Gasteiger partial charge in [-0.2, -0.15) is 0 Å². The minimum absolute atomic E-state index is 0.155. The Labute approximate surface area is 129 Å². The molecule has 1 saturated heterocycles. The minimum atomic E-state index is -0.423. The van der Waals surface area contributed by atoms with E-state index in [-0.39, 0.29) is 11.6 Å². The van der Waals surface area contributed by atoms with Crippen LogP contribution in [-0.4, -0.2) is 52.7 Å². The van der Waals surface area contributed by atoms with E-state index in [1.807, 2.05) is 25.7 Å². The van der Waals surface area contributed by atoms with Crippen molar-refractivity contribution in [3.8, 4) is 0 Å². The van der Waals surface area contributed by atoms with E-state index in [1.165, 1.54) is 32.1 Å². The molecule has 0 aromatic rings. The standard InChI is InChI=1S/C17H32N2O2/c1-16(2,3)21-15(20)19-12-11-18(13-17(19,4)5)14-9-7-6-8-10-14/h14H,6-13H2,1-5H3. The minimum Gasteiger partial charge on any atom is -0.444 e. The van der Waals surface area contributed by atoms with Gasteiger partial charge in [0.15, 0.2) is 0 Å². The van der Waals surface area contributed by atoms with Crippen LogP contribution in [0.1, 0.15) is 66.7 Å². The summed E-state index contributed by atoms with van der Waals surface area (Å²) >= 11 is 0. The molecule has 0 spiro atoms. The van der Waals surface area contributed by atoms with Gasteiger partial charge in [-0.05, 0) is 47.5 Å². The molecule has 0 radical (unpaired) electrons. The third kappa shape index (κ3) is 4.35. The molecule has 1 aliphatic heterocycles. The van der Waals surface area contributed by atoms with Gasteiger partial charge in [-0.3, -0.25) is 4.90 Å². The molecule has 1 heterocycles. The zero-order valence-electron chi connectivity index (χ0n) is 14.4. The summed E-state index contributed by atoms with van der Waals surface area (Å²) in [6.07, 6.45) is 6.58. The molecule has 0 bridgehead atoms. The maximum absolute atomic E-state index is 12.4. The maximum atomic E-state index is 12.4. The molecule has 0 aromatic carbocycles. The summed E-state index contributed by atoms with van der Waals surface area (Å²) in [4.78, 5) is 16.9. The molecule has 1 amide bonds. The van der Waals surface area contributed by atoms with Gasteiger partial charge in [-0.15, -0.1) is 0 Å². The number of hydrogen-bond donors (Lipinski definition) is 0. The highest BCUT2D eigenvalue weighted by Crippen LogP contribution is 2.29. The first-order valence-corrected chi connectivity index (χ1v) is 8.44. The Morgan fingerprint density at radius 3 is 2.24 bits per heavy atom. The van der Waals surface area contributed by atoms with E-state index in [1.54, 1.807) is 0 Å². The van der Waals surface area contributed by atoms with Gasteiger partial charge in [0.25, 0.3) is 0 Å². The number of rotatable bonds is 1. The van der Waals surface area contributed by atoms with Crippen LogP contribution in [0.15, 0.2) is 0 Å². The average Bonchev–Trinajstić information content (AvgIpc) is 2.36. The van der Waals surface area contributed by atoms with Crippen molar-refractivity contribution in [3.05, 3.63) is 0 Å². The van der Waals surface area contributed by atoms with E-state index >= 15 is 0 Å². The number of amides is 1. The highest BCUT2D eigenvalue weighted by atomic mass is 16.6. The molecule has 0 aromatic heterocycles. The summed E-state index contributed by atoms with van der Waals surface area (Å²) < 4.78 is 5.56. The van der Waals surface area contributed by atoms with Gasteiger partial charge in [0.1, 0.15) is 5.60 Å². The first-order valence-electron chi connectivity index (χ1n) is 8.44. The summed E-state index contributed by atoms with van der Waals surface area (Å²) in [7, 11) is 0. The van der Waals surface area contributed by atoms with E-state index in [4.69, 9.17) is 4.74 Å². The summed E-state index contributed by atoms with van der Waals surface area (Å²) in [5, 5.41) is 0. The maximum Gasteiger partial charge on any atom is 0.410 e. The largest absolute Gasteiger partial charge is 0.444 e. The number of hydrogen-bond acceptors (Lipinski definition) is 3. The Morgan fingerprint density at radius 2 is 1.71 bits per heavy atom. The molecule has 0 atom stereocenters. The lowest BCUT2D eigenvalue weighted by molar-refractivity contribution is -0.0341. The van der Waals surface area contributed by atoms with Crippen LogP contribution in [0.3, 0.4) is 0 Å². The first kappa shape index (κ1) is 16.6. The van der Waals surface area contributed by atoms with Crippen LogP contribution in [0, 0.1) is 0 Å². The predicted octanol–water partition coefficient (Wildman–Crippen LogP) is 3.65. The van der Waals surface area contributed by atoms with Crippen LogP contribution >= 0.6 is 0 Å². The van der Waals surface area contributed by atoms with E-state index in [2.05, 4.69) is 18.7 Å². The third-order valence-corrected chi connectivity index (χ3v) is 4.64. The third-order valence-electron chi connectivity index (χ3n) is 4.64. The van der Waals surface area contributed by atoms with Crippen molar-refractivity contribution in [2.24, 2.45) is 0 Å². The molecule has 21 heavy (non-hydrogen) atoms. The summed E-state index contributed by atoms with van der Waals surface area (Å²) in [6, 6.07) is 0.721. The van der Waals surface area contributed by atoms with Crippen molar-refractivity contribution in [2.75, 3.05) is 19.6 Å². The quantitative estimate of drug-likeness (QED) is 0.740. The monoisotopic (exact) mass is 296 g/mol. The van der Waals surface area contributed by atoms with Gasteiger partial charge in [0.2, 0.25) is 0 Å². The Hall–Kier alpha value is -0.770. The van der Waals surface area contributed by atoms with E-state index in [0.29, 0.717) is 0 Å². The van der Waals surface area contributed by atoms with Crippen LogP contribution in [0.5, 0.6) is 0 Å². The van der Waals surface area contributed by atoms with Crippen molar-refractivity contribution in [1.29, 1.82) is 0 Å². The fourth-order valence-electron chi connectivity index (χ4n) is 3.61. The topological polar surface area (TPSA) is 32.8 Å². The molecule has 1 aliphatic carbocycles. The van der Waals surface area contributed by atoms with Crippen molar-refractivity contribution >= 4 is 6.09 Å². The van der Waals surface area contributed by atoms with Crippen LogP contribution in [0.25, 0.3) is 0 Å². The Bertz CT molecular complexity index is 367. The van der Waals surface area contributed by atoms with E-state index in [9.17, 15) is 4.79 Å². The average molecular weight is 296 g/mol. The van der Waals surface area contributed by atoms with Crippen molar-refractivity contribution < 1.29 is 9.53 Å². The second-order valence-corrected chi connectivity index (χ2v) is 8.21. The lowest BCUT2D eigenvalue weighted by Crippen LogP contribution is -2.63. The van der Waals surface area contributed by atoms with Crippen molar-refractivity contribution in [1.82, 2.24) is 9.80 Å². The van der Waals surface area contributed by atoms with Crippen molar-refractivity contribution in [2.45, 2.75) is 83.9 Å². The smallest absolute Gasteiger partial charge is 0.410 e. The molecule has 4 heteroatoms. The van der Waals surface area contributed by atoms with Crippen molar-refractivity contribution in [3.63, 3.8) is 0 Å². The number of piperazine rings is 1. The fraction of sp³-hybridized carbons (Fsp3) is 0.941. The summed E-state index contributed by atoms with van der Waals surface area (Å²) in [6.45, 7) is 12.8. The number of carbonyl (C=O) groups is 1. The molecular formula is C17H32N2O2. The Balaban J connectivity index is 1.97. The lowest BCUT2D eigenvalue weighted by Gasteiger charge is -2.49. The fourth-order valence-corrected chi connectivity index (χ4v) is 3.61. The van der Waals surface area contributed by atoms with Crippen LogP contribution < -0.4 is 0 Å². The highest BCUT2D eigenvalue weighted by molar-refractivity contribution is 5.69.